The van der Waals surface area contributed by atoms with Gasteiger partial charge < -0.3 is 5.11 Å². The Balaban J connectivity index is 2.04. The standard InChI is InChI=1S/C17H23NO2/c1-2-11-17(16(19)20)12-7-14-18(17)13-6-10-15-8-4-3-5-9-15/h3-6,8-10H,2,7,11-14H2,1H3,(H,19,20)/b10-6+. The van der Waals surface area contributed by atoms with Crippen molar-refractivity contribution in [2.45, 2.75) is 38.1 Å². The molecular formula is C17H23NO2. The molecular weight excluding hydrogens is 250 g/mol. The van der Waals surface area contributed by atoms with E-state index in [-0.39, 0.29) is 0 Å². The van der Waals surface area contributed by atoms with Crippen molar-refractivity contribution in [2.75, 3.05) is 13.1 Å². The van der Waals surface area contributed by atoms with Crippen LogP contribution in [0.3, 0.4) is 0 Å². The van der Waals surface area contributed by atoms with Gasteiger partial charge in [-0.2, -0.15) is 0 Å². The minimum Gasteiger partial charge on any atom is -0.480 e. The van der Waals surface area contributed by atoms with Crippen LogP contribution in [0, 0.1) is 0 Å². The van der Waals surface area contributed by atoms with Crippen LogP contribution in [-0.2, 0) is 4.79 Å². The second-order valence-corrected chi connectivity index (χ2v) is 5.45. The Morgan fingerprint density at radius 2 is 2.15 bits per heavy atom. The molecule has 3 heteroatoms. The smallest absolute Gasteiger partial charge is 0.324 e. The summed E-state index contributed by atoms with van der Waals surface area (Å²) in [5.74, 6) is -0.662. The largest absolute Gasteiger partial charge is 0.480 e. The Morgan fingerprint density at radius 1 is 1.40 bits per heavy atom. The summed E-state index contributed by atoms with van der Waals surface area (Å²) in [6.07, 6.45) is 7.54. The lowest BCUT2D eigenvalue weighted by molar-refractivity contribution is -0.150. The monoisotopic (exact) mass is 273 g/mol. The Bertz CT molecular complexity index is 469. The molecule has 0 aliphatic carbocycles. The highest BCUT2D eigenvalue weighted by molar-refractivity contribution is 5.79. The first-order valence-electron chi connectivity index (χ1n) is 7.39. The number of carbonyl (C=O) groups is 1. The highest BCUT2D eigenvalue weighted by Crippen LogP contribution is 2.33. The molecule has 0 amide bonds. The number of benzene rings is 1. The van der Waals surface area contributed by atoms with Gasteiger partial charge >= 0.3 is 5.97 Å². The Morgan fingerprint density at radius 3 is 2.80 bits per heavy atom. The maximum absolute atomic E-state index is 11.7. The minimum absolute atomic E-state index is 0.643. The normalized spacial score (nSPS) is 23.4. The highest BCUT2D eigenvalue weighted by atomic mass is 16.4. The van der Waals surface area contributed by atoms with Crippen molar-refractivity contribution >= 4 is 12.0 Å². The molecule has 1 aromatic rings. The molecule has 0 spiro atoms. The molecule has 0 aromatic heterocycles. The molecule has 1 atom stereocenters. The molecule has 1 aliphatic heterocycles. The quantitative estimate of drug-likeness (QED) is 0.863. The number of hydrogen-bond donors (Lipinski definition) is 1. The summed E-state index contributed by atoms with van der Waals surface area (Å²) in [4.78, 5) is 13.8. The van der Waals surface area contributed by atoms with E-state index in [1.165, 1.54) is 0 Å². The van der Waals surface area contributed by atoms with Crippen molar-refractivity contribution in [3.8, 4) is 0 Å². The fraction of sp³-hybridized carbons (Fsp3) is 0.471. The Hall–Kier alpha value is -1.61. The van der Waals surface area contributed by atoms with E-state index in [4.69, 9.17) is 0 Å². The fourth-order valence-corrected chi connectivity index (χ4v) is 3.13. The van der Waals surface area contributed by atoms with Crippen LogP contribution < -0.4 is 0 Å². The van der Waals surface area contributed by atoms with Crippen LogP contribution in [-0.4, -0.2) is 34.6 Å². The lowest BCUT2D eigenvalue weighted by Crippen LogP contribution is -2.50. The molecule has 1 aliphatic rings. The summed E-state index contributed by atoms with van der Waals surface area (Å²) in [5.41, 5.74) is 0.513. The topological polar surface area (TPSA) is 40.5 Å². The molecule has 0 bridgehead atoms. The first kappa shape index (κ1) is 14.8. The van der Waals surface area contributed by atoms with Crippen molar-refractivity contribution in [3.63, 3.8) is 0 Å². The number of likely N-dealkylation sites (tertiary alicyclic amines) is 1. The van der Waals surface area contributed by atoms with Crippen molar-refractivity contribution in [2.24, 2.45) is 0 Å². The molecule has 0 saturated carbocycles. The van der Waals surface area contributed by atoms with Crippen LogP contribution in [0.15, 0.2) is 36.4 Å². The molecule has 2 rings (SSSR count). The summed E-state index contributed by atoms with van der Waals surface area (Å²) in [5, 5.41) is 9.62. The van der Waals surface area contributed by atoms with Crippen LogP contribution in [0.25, 0.3) is 6.08 Å². The number of carboxylic acids is 1. The van der Waals surface area contributed by atoms with E-state index in [9.17, 15) is 9.90 Å². The second-order valence-electron chi connectivity index (χ2n) is 5.45. The van der Waals surface area contributed by atoms with Gasteiger partial charge in [0.15, 0.2) is 0 Å². The van der Waals surface area contributed by atoms with E-state index >= 15 is 0 Å². The van der Waals surface area contributed by atoms with Gasteiger partial charge in [-0.15, -0.1) is 0 Å². The van der Waals surface area contributed by atoms with E-state index in [0.29, 0.717) is 6.54 Å². The zero-order valence-electron chi connectivity index (χ0n) is 12.1. The zero-order chi connectivity index (χ0) is 14.4. The number of rotatable bonds is 6. The molecule has 1 N–H and O–H groups in total. The summed E-state index contributed by atoms with van der Waals surface area (Å²) >= 11 is 0. The SMILES string of the molecule is CCCC1(C(=O)O)CCCN1C/C=C/c1ccccc1. The minimum atomic E-state index is -0.662. The van der Waals surface area contributed by atoms with Crippen LogP contribution in [0.1, 0.15) is 38.2 Å². The molecule has 1 aromatic carbocycles. The maximum Gasteiger partial charge on any atom is 0.324 e. The van der Waals surface area contributed by atoms with Crippen molar-refractivity contribution < 1.29 is 9.90 Å². The van der Waals surface area contributed by atoms with Crippen LogP contribution in [0.2, 0.25) is 0 Å². The third kappa shape index (κ3) is 3.10. The predicted molar refractivity (Wildman–Crippen MR) is 81.6 cm³/mol. The average Bonchev–Trinajstić information content (AvgIpc) is 2.85. The van der Waals surface area contributed by atoms with Gasteiger partial charge in [-0.3, -0.25) is 9.69 Å². The number of hydrogen-bond acceptors (Lipinski definition) is 2. The molecule has 0 radical (unpaired) electrons. The molecule has 3 nitrogen and oxygen atoms in total. The lowest BCUT2D eigenvalue weighted by Gasteiger charge is -2.33. The zero-order valence-corrected chi connectivity index (χ0v) is 12.1. The number of nitrogens with zero attached hydrogens (tertiary/aromatic N) is 1. The summed E-state index contributed by atoms with van der Waals surface area (Å²) in [6, 6.07) is 10.1. The summed E-state index contributed by atoms with van der Waals surface area (Å²) < 4.78 is 0. The van der Waals surface area contributed by atoms with Gasteiger partial charge in [0.2, 0.25) is 0 Å². The molecule has 1 saturated heterocycles. The van der Waals surface area contributed by atoms with Gasteiger partial charge in [-0.1, -0.05) is 55.8 Å². The fourth-order valence-electron chi connectivity index (χ4n) is 3.13. The third-order valence-electron chi connectivity index (χ3n) is 4.12. The van der Waals surface area contributed by atoms with Crippen LogP contribution in [0.4, 0.5) is 0 Å². The third-order valence-corrected chi connectivity index (χ3v) is 4.12. The van der Waals surface area contributed by atoms with E-state index in [1.807, 2.05) is 18.2 Å². The van der Waals surface area contributed by atoms with E-state index < -0.39 is 11.5 Å². The first-order chi connectivity index (χ1) is 9.69. The summed E-state index contributed by atoms with van der Waals surface area (Å²) in [6.45, 7) is 3.65. The van der Waals surface area contributed by atoms with Gasteiger partial charge in [-0.05, 0) is 31.4 Å². The van der Waals surface area contributed by atoms with E-state index in [2.05, 4.69) is 36.1 Å². The number of carboxylic acid groups (broad SMARTS) is 1. The molecule has 20 heavy (non-hydrogen) atoms. The van der Waals surface area contributed by atoms with Gasteiger partial charge in [0.1, 0.15) is 5.54 Å². The average molecular weight is 273 g/mol. The molecule has 1 fully saturated rings. The predicted octanol–water partition coefficient (Wildman–Crippen LogP) is 3.42. The maximum atomic E-state index is 11.7. The van der Waals surface area contributed by atoms with Crippen molar-refractivity contribution in [1.82, 2.24) is 4.90 Å². The molecule has 1 heterocycles. The highest BCUT2D eigenvalue weighted by Gasteiger charge is 2.46. The van der Waals surface area contributed by atoms with Gasteiger partial charge in [0, 0.05) is 6.54 Å². The first-order valence-corrected chi connectivity index (χ1v) is 7.39. The van der Waals surface area contributed by atoms with Crippen molar-refractivity contribution in [3.05, 3.63) is 42.0 Å². The Labute approximate surface area is 120 Å². The molecule has 108 valence electrons. The second kappa shape index (κ2) is 6.71. The van der Waals surface area contributed by atoms with Crippen LogP contribution in [0.5, 0.6) is 0 Å². The van der Waals surface area contributed by atoms with Gasteiger partial charge in [-0.25, -0.2) is 0 Å². The summed E-state index contributed by atoms with van der Waals surface area (Å²) in [7, 11) is 0. The van der Waals surface area contributed by atoms with Gasteiger partial charge in [0.25, 0.3) is 0 Å². The lowest BCUT2D eigenvalue weighted by atomic mass is 9.90. The van der Waals surface area contributed by atoms with E-state index in [0.717, 1.165) is 37.8 Å². The Kier molecular flexibility index (Phi) is 4.96. The van der Waals surface area contributed by atoms with E-state index in [1.54, 1.807) is 0 Å². The van der Waals surface area contributed by atoms with Crippen molar-refractivity contribution in [1.29, 1.82) is 0 Å². The molecule has 1 unspecified atom stereocenters. The number of aliphatic carboxylic acids is 1. The van der Waals surface area contributed by atoms with Gasteiger partial charge in [0.05, 0.1) is 0 Å². The van der Waals surface area contributed by atoms with Crippen LogP contribution >= 0.6 is 0 Å².